The third-order valence-electron chi connectivity index (χ3n) is 5.98. The number of H-pyrrole nitrogens is 1. The average Bonchev–Trinajstić information content (AvgIpc) is 3.24. The molecule has 4 heterocycles. The standard InChI is InChI=1S/C24H34N6O4S/c1-6-19-14-33-10-9-30(19)23-12-18(15-35(31,32)29(4)5)26-24(28-23)21-8-7-20-22(27-21)11-17(25-20)13-34-16(2)3/h7-8,11-12,16,19,25H,6,9-10,13-15H2,1-5H3/t19-/m0/s1. The van der Waals surface area contributed by atoms with E-state index >= 15 is 0 Å². The van der Waals surface area contributed by atoms with Crippen LogP contribution in [-0.2, 0) is 31.9 Å². The highest BCUT2D eigenvalue weighted by atomic mass is 32.2. The molecule has 3 aromatic rings. The van der Waals surface area contributed by atoms with Crippen molar-refractivity contribution in [1.29, 1.82) is 0 Å². The summed E-state index contributed by atoms with van der Waals surface area (Å²) in [7, 11) is -0.455. The number of fused-ring (bicyclic) bond motifs is 1. The summed E-state index contributed by atoms with van der Waals surface area (Å²) in [6.45, 7) is 8.44. The predicted octanol–water partition coefficient (Wildman–Crippen LogP) is 2.95. The highest BCUT2D eigenvalue weighted by Crippen LogP contribution is 2.26. The lowest BCUT2D eigenvalue weighted by molar-refractivity contribution is 0.0639. The van der Waals surface area contributed by atoms with Gasteiger partial charge in [0.1, 0.15) is 17.3 Å². The molecule has 1 aliphatic heterocycles. The van der Waals surface area contributed by atoms with E-state index in [0.717, 1.165) is 23.1 Å². The summed E-state index contributed by atoms with van der Waals surface area (Å²) < 4.78 is 37.8. The first-order valence-corrected chi connectivity index (χ1v) is 13.5. The molecular formula is C24H34N6O4S. The summed E-state index contributed by atoms with van der Waals surface area (Å²) in [5.41, 5.74) is 3.62. The maximum absolute atomic E-state index is 12.6. The molecule has 3 aromatic heterocycles. The van der Waals surface area contributed by atoms with E-state index in [1.54, 1.807) is 6.07 Å². The second-order valence-corrected chi connectivity index (χ2v) is 11.4. The summed E-state index contributed by atoms with van der Waals surface area (Å²) in [5, 5.41) is 0. The van der Waals surface area contributed by atoms with Gasteiger partial charge in [-0.3, -0.25) is 0 Å². The third kappa shape index (κ3) is 5.97. The second-order valence-electron chi connectivity index (χ2n) is 9.19. The Kier molecular flexibility index (Phi) is 7.70. The van der Waals surface area contributed by atoms with Crippen LogP contribution in [-0.4, -0.2) is 78.7 Å². The Morgan fingerprint density at radius 2 is 2.03 bits per heavy atom. The van der Waals surface area contributed by atoms with Gasteiger partial charge in [0.05, 0.1) is 48.7 Å². The van der Waals surface area contributed by atoms with E-state index in [-0.39, 0.29) is 17.9 Å². The minimum absolute atomic E-state index is 0.130. The Morgan fingerprint density at radius 3 is 2.74 bits per heavy atom. The molecule has 0 bridgehead atoms. The van der Waals surface area contributed by atoms with Crippen LogP contribution in [0.2, 0.25) is 0 Å². The smallest absolute Gasteiger partial charge is 0.219 e. The Balaban J connectivity index is 1.75. The molecule has 10 nitrogen and oxygen atoms in total. The van der Waals surface area contributed by atoms with Crippen molar-refractivity contribution >= 4 is 26.9 Å². The zero-order valence-electron chi connectivity index (χ0n) is 21.0. The van der Waals surface area contributed by atoms with Crippen LogP contribution in [0.3, 0.4) is 0 Å². The Labute approximate surface area is 206 Å². The second kappa shape index (κ2) is 10.6. The van der Waals surface area contributed by atoms with Crippen LogP contribution >= 0.6 is 0 Å². The zero-order valence-corrected chi connectivity index (χ0v) is 21.8. The first-order valence-electron chi connectivity index (χ1n) is 11.9. The summed E-state index contributed by atoms with van der Waals surface area (Å²) >= 11 is 0. The fourth-order valence-electron chi connectivity index (χ4n) is 3.95. The molecular weight excluding hydrogens is 468 g/mol. The quantitative estimate of drug-likeness (QED) is 0.475. The molecule has 1 saturated heterocycles. The number of sulfonamides is 1. The van der Waals surface area contributed by atoms with Crippen molar-refractivity contribution in [1.82, 2.24) is 24.2 Å². The van der Waals surface area contributed by atoms with Crippen molar-refractivity contribution in [2.45, 2.75) is 51.7 Å². The molecule has 1 aliphatic rings. The van der Waals surface area contributed by atoms with Gasteiger partial charge < -0.3 is 19.4 Å². The molecule has 0 aromatic carbocycles. The highest BCUT2D eigenvalue weighted by molar-refractivity contribution is 7.88. The third-order valence-corrected chi connectivity index (χ3v) is 7.75. The van der Waals surface area contributed by atoms with E-state index in [2.05, 4.69) is 21.8 Å². The van der Waals surface area contributed by atoms with Crippen molar-refractivity contribution in [2.24, 2.45) is 0 Å². The molecule has 1 N–H and O–H groups in total. The van der Waals surface area contributed by atoms with E-state index < -0.39 is 10.0 Å². The van der Waals surface area contributed by atoms with Gasteiger partial charge in [-0.05, 0) is 38.5 Å². The topological polar surface area (TPSA) is 114 Å². The van der Waals surface area contributed by atoms with E-state index in [1.807, 2.05) is 32.0 Å². The number of nitrogens with zero attached hydrogens (tertiary/aromatic N) is 5. The predicted molar refractivity (Wildman–Crippen MR) is 136 cm³/mol. The molecule has 11 heteroatoms. The molecule has 4 rings (SSSR count). The number of aromatic amines is 1. The first-order chi connectivity index (χ1) is 16.7. The van der Waals surface area contributed by atoms with Crippen LogP contribution in [0, 0.1) is 0 Å². The monoisotopic (exact) mass is 502 g/mol. The van der Waals surface area contributed by atoms with Gasteiger partial charge in [-0.2, -0.15) is 0 Å². The van der Waals surface area contributed by atoms with Gasteiger partial charge >= 0.3 is 0 Å². The minimum atomic E-state index is -3.50. The van der Waals surface area contributed by atoms with E-state index in [9.17, 15) is 8.42 Å². The lowest BCUT2D eigenvalue weighted by atomic mass is 10.1. The van der Waals surface area contributed by atoms with Gasteiger partial charge in [-0.1, -0.05) is 6.92 Å². The van der Waals surface area contributed by atoms with Gasteiger partial charge in [0.2, 0.25) is 10.0 Å². The van der Waals surface area contributed by atoms with Crippen molar-refractivity contribution in [3.05, 3.63) is 35.7 Å². The fourth-order valence-corrected chi connectivity index (χ4v) is 4.73. The molecule has 190 valence electrons. The molecule has 1 fully saturated rings. The molecule has 0 unspecified atom stereocenters. The summed E-state index contributed by atoms with van der Waals surface area (Å²) in [4.78, 5) is 19.7. The lowest BCUT2D eigenvalue weighted by Crippen LogP contribution is -2.45. The maximum Gasteiger partial charge on any atom is 0.219 e. The van der Waals surface area contributed by atoms with Crippen LogP contribution in [0.5, 0.6) is 0 Å². The number of aromatic nitrogens is 4. The molecule has 0 spiro atoms. The van der Waals surface area contributed by atoms with Crippen molar-refractivity contribution in [2.75, 3.05) is 38.8 Å². The number of morpholine rings is 1. The van der Waals surface area contributed by atoms with Gasteiger partial charge in [0.15, 0.2) is 5.82 Å². The van der Waals surface area contributed by atoms with Gasteiger partial charge in [-0.15, -0.1) is 0 Å². The van der Waals surface area contributed by atoms with E-state index in [0.29, 0.717) is 49.4 Å². The van der Waals surface area contributed by atoms with Crippen LogP contribution in [0.1, 0.15) is 38.6 Å². The van der Waals surface area contributed by atoms with Crippen molar-refractivity contribution < 1.29 is 17.9 Å². The number of anilines is 1. The van der Waals surface area contributed by atoms with Crippen LogP contribution in [0.25, 0.3) is 22.6 Å². The fraction of sp³-hybridized carbons (Fsp3) is 0.542. The first kappa shape index (κ1) is 25.5. The largest absolute Gasteiger partial charge is 0.377 e. The minimum Gasteiger partial charge on any atom is -0.377 e. The number of pyridine rings is 1. The Morgan fingerprint density at radius 1 is 1.23 bits per heavy atom. The maximum atomic E-state index is 12.6. The van der Waals surface area contributed by atoms with Gasteiger partial charge in [0.25, 0.3) is 0 Å². The molecule has 0 saturated carbocycles. The lowest BCUT2D eigenvalue weighted by Gasteiger charge is -2.36. The number of hydrogen-bond acceptors (Lipinski definition) is 8. The average molecular weight is 503 g/mol. The normalized spacial score (nSPS) is 17.1. The molecule has 1 atom stereocenters. The number of nitrogens with one attached hydrogen (secondary N) is 1. The zero-order chi connectivity index (χ0) is 25.2. The van der Waals surface area contributed by atoms with Gasteiger partial charge in [-0.25, -0.2) is 27.7 Å². The van der Waals surface area contributed by atoms with E-state index in [1.165, 1.54) is 18.4 Å². The van der Waals surface area contributed by atoms with Crippen molar-refractivity contribution in [3.8, 4) is 11.5 Å². The van der Waals surface area contributed by atoms with Crippen LogP contribution in [0.15, 0.2) is 24.3 Å². The molecule has 35 heavy (non-hydrogen) atoms. The number of ether oxygens (including phenoxy) is 2. The molecule has 0 aliphatic carbocycles. The molecule has 0 amide bonds. The van der Waals surface area contributed by atoms with Crippen LogP contribution < -0.4 is 4.90 Å². The van der Waals surface area contributed by atoms with Crippen LogP contribution in [0.4, 0.5) is 5.82 Å². The summed E-state index contributed by atoms with van der Waals surface area (Å²) in [6.07, 6.45) is 1.02. The number of rotatable bonds is 9. The van der Waals surface area contributed by atoms with Crippen molar-refractivity contribution in [3.63, 3.8) is 0 Å². The highest BCUT2D eigenvalue weighted by Gasteiger charge is 2.25. The Hall–Kier alpha value is -2.60. The number of hydrogen-bond donors (Lipinski definition) is 1. The van der Waals surface area contributed by atoms with Gasteiger partial charge in [0, 0.05) is 32.4 Å². The molecule has 0 radical (unpaired) electrons. The SMILES string of the molecule is CC[C@H]1COCCN1c1cc(CS(=O)(=O)N(C)C)nc(-c2ccc3[nH]c(COC(C)C)cc3n2)n1. The summed E-state index contributed by atoms with van der Waals surface area (Å²) in [6, 6.07) is 7.68. The summed E-state index contributed by atoms with van der Waals surface area (Å²) in [5.74, 6) is 0.874. The Bertz CT molecular complexity index is 1270. The van der Waals surface area contributed by atoms with E-state index in [4.69, 9.17) is 19.4 Å².